The van der Waals surface area contributed by atoms with E-state index in [1.807, 2.05) is 13.8 Å². The van der Waals surface area contributed by atoms with E-state index in [0.717, 1.165) is 11.3 Å². The van der Waals surface area contributed by atoms with Crippen LogP contribution in [0.2, 0.25) is 0 Å². The zero-order valence-corrected chi connectivity index (χ0v) is 12.0. The van der Waals surface area contributed by atoms with E-state index in [4.69, 9.17) is 0 Å². The summed E-state index contributed by atoms with van der Waals surface area (Å²) in [4.78, 5) is 19.4. The Morgan fingerprint density at radius 2 is 2.10 bits per heavy atom. The molecule has 0 saturated carbocycles. The van der Waals surface area contributed by atoms with Crippen LogP contribution in [0.3, 0.4) is 0 Å². The molecular weight excluding hydrogens is 276 g/mol. The van der Waals surface area contributed by atoms with Gasteiger partial charge in [0.15, 0.2) is 0 Å². The molecule has 6 nitrogen and oxygen atoms in total. The minimum absolute atomic E-state index is 0.225. The maximum absolute atomic E-state index is 11.5. The first kappa shape index (κ1) is 14.4. The van der Waals surface area contributed by atoms with Crippen molar-refractivity contribution in [3.63, 3.8) is 0 Å². The molecular formula is C13H14N4O2S. The first-order chi connectivity index (χ1) is 9.67. The van der Waals surface area contributed by atoms with Crippen molar-refractivity contribution in [1.29, 1.82) is 0 Å². The van der Waals surface area contributed by atoms with Crippen LogP contribution in [0, 0.1) is 0 Å². The summed E-state index contributed by atoms with van der Waals surface area (Å²) >= 11 is 1.19. The summed E-state index contributed by atoms with van der Waals surface area (Å²) in [5.41, 5.74) is 1.70. The molecule has 0 fully saturated rings. The Bertz CT molecular complexity index is 619. The Morgan fingerprint density at radius 1 is 1.30 bits per heavy atom. The number of hydrogen-bond donors (Lipinski definition) is 1. The number of nitrogens with zero attached hydrogens (tertiary/aromatic N) is 4. The van der Waals surface area contributed by atoms with E-state index < -0.39 is 5.97 Å². The molecule has 0 aromatic carbocycles. The standard InChI is InChI=1S/C13H14N4O2S/c1-3-8-9(4-2)16-17-12(11(8)13(18)19)20-10-5-6-14-7-15-10/h5-7H,3-4H2,1-2H3,(H,18,19). The van der Waals surface area contributed by atoms with E-state index in [0.29, 0.717) is 22.9 Å². The zero-order valence-electron chi connectivity index (χ0n) is 11.2. The average molecular weight is 290 g/mol. The summed E-state index contributed by atoms with van der Waals surface area (Å²) in [5.74, 6) is -0.983. The SMILES string of the molecule is CCc1nnc(Sc2ccncn2)c(C(=O)O)c1CC. The monoisotopic (exact) mass is 290 g/mol. The molecule has 0 atom stereocenters. The molecule has 2 heterocycles. The predicted molar refractivity (Wildman–Crippen MR) is 73.9 cm³/mol. The van der Waals surface area contributed by atoms with Gasteiger partial charge in [0.05, 0.1) is 11.3 Å². The summed E-state index contributed by atoms with van der Waals surface area (Å²) in [6, 6.07) is 1.71. The number of carboxylic acids is 1. The van der Waals surface area contributed by atoms with Crippen molar-refractivity contribution in [2.75, 3.05) is 0 Å². The summed E-state index contributed by atoms with van der Waals surface area (Å²) in [6.45, 7) is 3.85. The maximum Gasteiger partial charge on any atom is 0.338 e. The third-order valence-electron chi connectivity index (χ3n) is 2.78. The first-order valence-corrected chi connectivity index (χ1v) is 7.04. The zero-order chi connectivity index (χ0) is 14.5. The minimum atomic E-state index is -0.983. The predicted octanol–water partition coefficient (Wildman–Crippen LogP) is 2.24. The van der Waals surface area contributed by atoms with Gasteiger partial charge in [0, 0.05) is 6.20 Å². The third kappa shape index (κ3) is 2.93. The van der Waals surface area contributed by atoms with Gasteiger partial charge in [-0.15, -0.1) is 5.10 Å². The van der Waals surface area contributed by atoms with Crippen LogP contribution in [0.4, 0.5) is 0 Å². The van der Waals surface area contributed by atoms with Gasteiger partial charge in [0.2, 0.25) is 0 Å². The molecule has 0 unspecified atom stereocenters. The van der Waals surface area contributed by atoms with Crippen LogP contribution < -0.4 is 0 Å². The van der Waals surface area contributed by atoms with Crippen LogP contribution in [0.1, 0.15) is 35.5 Å². The van der Waals surface area contributed by atoms with Crippen molar-refractivity contribution in [1.82, 2.24) is 20.2 Å². The normalized spacial score (nSPS) is 10.5. The highest BCUT2D eigenvalue weighted by molar-refractivity contribution is 7.99. The quantitative estimate of drug-likeness (QED) is 0.844. The Hall–Kier alpha value is -2.02. The maximum atomic E-state index is 11.5. The molecule has 1 N–H and O–H groups in total. The van der Waals surface area contributed by atoms with Gasteiger partial charge in [-0.25, -0.2) is 14.8 Å². The number of aromatic nitrogens is 4. The molecule has 0 amide bonds. The summed E-state index contributed by atoms with van der Waals surface area (Å²) in [7, 11) is 0. The molecule has 0 aliphatic heterocycles. The molecule has 2 aromatic heterocycles. The van der Waals surface area contributed by atoms with Crippen LogP contribution in [0.25, 0.3) is 0 Å². The van der Waals surface area contributed by atoms with Crippen molar-refractivity contribution in [2.24, 2.45) is 0 Å². The highest BCUT2D eigenvalue weighted by atomic mass is 32.2. The summed E-state index contributed by atoms with van der Waals surface area (Å²) < 4.78 is 0. The minimum Gasteiger partial charge on any atom is -0.478 e. The molecule has 7 heteroatoms. The van der Waals surface area contributed by atoms with Gasteiger partial charge in [-0.1, -0.05) is 13.8 Å². The smallest absolute Gasteiger partial charge is 0.338 e. The Kier molecular flexibility index (Phi) is 4.62. The lowest BCUT2D eigenvalue weighted by atomic mass is 10.0. The fourth-order valence-corrected chi connectivity index (χ4v) is 2.71. The average Bonchev–Trinajstić information content (AvgIpc) is 2.47. The molecule has 2 rings (SSSR count). The van der Waals surface area contributed by atoms with Crippen LogP contribution in [-0.2, 0) is 12.8 Å². The molecule has 0 radical (unpaired) electrons. The number of carboxylic acid groups (broad SMARTS) is 1. The second-order valence-electron chi connectivity index (χ2n) is 3.97. The molecule has 0 spiro atoms. The number of hydrogen-bond acceptors (Lipinski definition) is 6. The lowest BCUT2D eigenvalue weighted by Crippen LogP contribution is -2.11. The lowest BCUT2D eigenvalue weighted by Gasteiger charge is -2.11. The lowest BCUT2D eigenvalue weighted by molar-refractivity contribution is 0.0690. The van der Waals surface area contributed by atoms with Crippen LogP contribution >= 0.6 is 11.8 Å². The van der Waals surface area contributed by atoms with E-state index in [1.165, 1.54) is 18.1 Å². The Labute approximate surface area is 120 Å². The Morgan fingerprint density at radius 3 is 2.65 bits per heavy atom. The van der Waals surface area contributed by atoms with Crippen LogP contribution in [0.5, 0.6) is 0 Å². The molecule has 20 heavy (non-hydrogen) atoms. The van der Waals surface area contributed by atoms with Crippen molar-refractivity contribution in [2.45, 2.75) is 36.7 Å². The van der Waals surface area contributed by atoms with Crippen molar-refractivity contribution >= 4 is 17.7 Å². The molecule has 0 bridgehead atoms. The third-order valence-corrected chi connectivity index (χ3v) is 3.71. The van der Waals surface area contributed by atoms with Crippen molar-refractivity contribution in [3.05, 3.63) is 35.4 Å². The van der Waals surface area contributed by atoms with E-state index in [1.54, 1.807) is 12.3 Å². The highest BCUT2D eigenvalue weighted by Crippen LogP contribution is 2.29. The second kappa shape index (κ2) is 6.42. The van der Waals surface area contributed by atoms with Gasteiger partial charge in [0.25, 0.3) is 0 Å². The van der Waals surface area contributed by atoms with Crippen molar-refractivity contribution < 1.29 is 9.90 Å². The molecule has 104 valence electrons. The topological polar surface area (TPSA) is 88.9 Å². The van der Waals surface area contributed by atoms with Crippen LogP contribution in [0.15, 0.2) is 28.6 Å². The van der Waals surface area contributed by atoms with E-state index >= 15 is 0 Å². The number of rotatable bonds is 5. The molecule has 2 aromatic rings. The van der Waals surface area contributed by atoms with Gasteiger partial charge < -0.3 is 5.11 Å². The molecule has 0 saturated heterocycles. The van der Waals surface area contributed by atoms with Gasteiger partial charge >= 0.3 is 5.97 Å². The number of aryl methyl sites for hydroxylation is 1. The van der Waals surface area contributed by atoms with Gasteiger partial charge in [-0.2, -0.15) is 5.10 Å². The highest BCUT2D eigenvalue weighted by Gasteiger charge is 2.21. The molecule has 0 aliphatic rings. The van der Waals surface area contributed by atoms with E-state index in [2.05, 4.69) is 20.2 Å². The molecule has 0 aliphatic carbocycles. The largest absolute Gasteiger partial charge is 0.478 e. The van der Waals surface area contributed by atoms with Gasteiger partial charge in [-0.3, -0.25) is 0 Å². The van der Waals surface area contributed by atoms with E-state index in [-0.39, 0.29) is 5.56 Å². The van der Waals surface area contributed by atoms with Crippen molar-refractivity contribution in [3.8, 4) is 0 Å². The van der Waals surface area contributed by atoms with Gasteiger partial charge in [-0.05, 0) is 36.2 Å². The number of aromatic carboxylic acids is 1. The first-order valence-electron chi connectivity index (χ1n) is 6.22. The number of carbonyl (C=O) groups is 1. The van der Waals surface area contributed by atoms with Gasteiger partial charge in [0.1, 0.15) is 16.4 Å². The Balaban J connectivity index is 2.50. The summed E-state index contributed by atoms with van der Waals surface area (Å²) in [5, 5.41) is 18.6. The second-order valence-corrected chi connectivity index (χ2v) is 4.98. The fourth-order valence-electron chi connectivity index (χ4n) is 1.88. The fraction of sp³-hybridized carbons (Fsp3) is 0.308. The van der Waals surface area contributed by atoms with Crippen LogP contribution in [-0.4, -0.2) is 31.2 Å². The van der Waals surface area contributed by atoms with E-state index in [9.17, 15) is 9.90 Å². The summed E-state index contributed by atoms with van der Waals surface area (Å²) in [6.07, 6.45) is 4.29.